The fourth-order valence-corrected chi connectivity index (χ4v) is 3.54. The van der Waals surface area contributed by atoms with Crippen molar-refractivity contribution in [1.29, 1.82) is 0 Å². The van der Waals surface area contributed by atoms with Gasteiger partial charge >= 0.3 is 6.03 Å². The number of urea groups is 1. The standard InChI is InChI=1S/C18H23N5O/c24-18(23(16-5-6-16)15-3-1-2-4-15)21-12-14-7-8-20-17(11-14)22-10-9-19-13-22/h7-11,13,15-16H,1-6,12H2,(H,21,24). The molecule has 6 nitrogen and oxygen atoms in total. The number of nitrogens with zero attached hydrogens (tertiary/aromatic N) is 4. The molecule has 126 valence electrons. The third-order valence-electron chi connectivity index (χ3n) is 4.92. The Morgan fingerprint density at radius 3 is 2.71 bits per heavy atom. The number of hydrogen-bond acceptors (Lipinski definition) is 3. The van der Waals surface area contributed by atoms with Crippen LogP contribution in [0.15, 0.2) is 37.1 Å². The molecule has 6 heteroatoms. The number of aromatic nitrogens is 3. The molecule has 0 radical (unpaired) electrons. The molecule has 2 aliphatic carbocycles. The van der Waals surface area contributed by atoms with E-state index in [2.05, 4.69) is 20.2 Å². The highest BCUT2D eigenvalue weighted by molar-refractivity contribution is 5.75. The van der Waals surface area contributed by atoms with Crippen LogP contribution in [0, 0.1) is 0 Å². The van der Waals surface area contributed by atoms with Gasteiger partial charge in [-0.1, -0.05) is 12.8 Å². The summed E-state index contributed by atoms with van der Waals surface area (Å²) in [6, 6.07) is 4.92. The summed E-state index contributed by atoms with van der Waals surface area (Å²) in [5.41, 5.74) is 1.05. The van der Waals surface area contributed by atoms with Gasteiger partial charge in [-0.3, -0.25) is 4.57 Å². The smallest absolute Gasteiger partial charge is 0.318 e. The van der Waals surface area contributed by atoms with Crippen LogP contribution >= 0.6 is 0 Å². The molecule has 0 spiro atoms. The molecule has 2 heterocycles. The third kappa shape index (κ3) is 3.27. The van der Waals surface area contributed by atoms with Gasteiger partial charge in [0.1, 0.15) is 12.1 Å². The second-order valence-corrected chi connectivity index (χ2v) is 6.73. The van der Waals surface area contributed by atoms with Gasteiger partial charge in [0.25, 0.3) is 0 Å². The van der Waals surface area contributed by atoms with E-state index in [0.717, 1.165) is 37.1 Å². The van der Waals surface area contributed by atoms with Crippen LogP contribution in [0.3, 0.4) is 0 Å². The lowest BCUT2D eigenvalue weighted by Gasteiger charge is -2.29. The van der Waals surface area contributed by atoms with Crippen LogP contribution in [0.4, 0.5) is 4.79 Å². The van der Waals surface area contributed by atoms with Gasteiger partial charge in [-0.25, -0.2) is 14.8 Å². The van der Waals surface area contributed by atoms with E-state index in [9.17, 15) is 4.79 Å². The minimum absolute atomic E-state index is 0.0883. The number of pyridine rings is 1. The molecule has 1 N–H and O–H groups in total. The second kappa shape index (κ2) is 6.63. The fraction of sp³-hybridized carbons (Fsp3) is 0.500. The molecule has 0 bridgehead atoms. The molecular weight excluding hydrogens is 302 g/mol. The molecule has 2 aromatic heterocycles. The molecule has 2 saturated carbocycles. The number of carbonyl (C=O) groups is 1. The van der Waals surface area contributed by atoms with Crippen molar-refractivity contribution in [2.24, 2.45) is 0 Å². The highest BCUT2D eigenvalue weighted by Gasteiger charge is 2.38. The molecule has 24 heavy (non-hydrogen) atoms. The minimum atomic E-state index is 0.0883. The molecule has 2 fully saturated rings. The Labute approximate surface area is 141 Å². The summed E-state index contributed by atoms with van der Waals surface area (Å²) in [5.74, 6) is 0.814. The van der Waals surface area contributed by atoms with E-state index < -0.39 is 0 Å². The Hall–Kier alpha value is -2.37. The van der Waals surface area contributed by atoms with Crippen molar-refractivity contribution in [3.8, 4) is 5.82 Å². The number of imidazole rings is 1. The van der Waals surface area contributed by atoms with E-state index in [1.54, 1.807) is 18.7 Å². The Kier molecular flexibility index (Phi) is 4.19. The minimum Gasteiger partial charge on any atom is -0.334 e. The predicted octanol–water partition coefficient (Wildman–Crippen LogP) is 2.88. The number of hydrogen-bond donors (Lipinski definition) is 1. The normalized spacial score (nSPS) is 17.8. The van der Waals surface area contributed by atoms with E-state index in [4.69, 9.17) is 0 Å². The van der Waals surface area contributed by atoms with E-state index in [1.165, 1.54) is 12.8 Å². The van der Waals surface area contributed by atoms with Crippen molar-refractivity contribution in [3.05, 3.63) is 42.6 Å². The van der Waals surface area contributed by atoms with Gasteiger partial charge in [-0.15, -0.1) is 0 Å². The molecule has 4 rings (SSSR count). The van der Waals surface area contributed by atoms with Gasteiger partial charge in [0.2, 0.25) is 0 Å². The lowest BCUT2D eigenvalue weighted by Crippen LogP contribution is -2.46. The molecule has 0 saturated heterocycles. The van der Waals surface area contributed by atoms with Crippen molar-refractivity contribution in [1.82, 2.24) is 24.8 Å². The molecule has 0 atom stereocenters. The third-order valence-corrected chi connectivity index (χ3v) is 4.92. The molecule has 2 aromatic rings. The number of amides is 2. The zero-order valence-corrected chi connectivity index (χ0v) is 13.8. The Morgan fingerprint density at radius 1 is 1.21 bits per heavy atom. The van der Waals surface area contributed by atoms with E-state index in [-0.39, 0.29) is 6.03 Å². The highest BCUT2D eigenvalue weighted by atomic mass is 16.2. The summed E-state index contributed by atoms with van der Waals surface area (Å²) in [6.45, 7) is 0.527. The van der Waals surface area contributed by atoms with E-state index in [1.807, 2.05) is 22.9 Å². The first-order valence-electron chi connectivity index (χ1n) is 8.81. The quantitative estimate of drug-likeness (QED) is 0.919. The largest absolute Gasteiger partial charge is 0.334 e. The molecule has 2 amide bonds. The zero-order valence-electron chi connectivity index (χ0n) is 13.8. The first kappa shape index (κ1) is 15.2. The number of rotatable bonds is 5. The Bertz CT molecular complexity index is 689. The second-order valence-electron chi connectivity index (χ2n) is 6.73. The van der Waals surface area contributed by atoms with E-state index in [0.29, 0.717) is 18.6 Å². The highest BCUT2D eigenvalue weighted by Crippen LogP contribution is 2.34. The van der Waals surface area contributed by atoms with Gasteiger partial charge in [0.05, 0.1) is 0 Å². The van der Waals surface area contributed by atoms with Crippen LogP contribution in [0.25, 0.3) is 5.82 Å². The van der Waals surface area contributed by atoms with Gasteiger partial charge in [0, 0.05) is 37.2 Å². The Morgan fingerprint density at radius 2 is 2.00 bits per heavy atom. The molecule has 0 unspecified atom stereocenters. The molecule has 0 aromatic carbocycles. The average molecular weight is 325 g/mol. The average Bonchev–Trinajstić information content (AvgIpc) is 3.06. The summed E-state index contributed by atoms with van der Waals surface area (Å²) in [6.07, 6.45) is 14.2. The lowest BCUT2D eigenvalue weighted by atomic mass is 10.2. The van der Waals surface area contributed by atoms with Crippen LogP contribution in [0.2, 0.25) is 0 Å². The Balaban J connectivity index is 1.40. The van der Waals surface area contributed by atoms with Crippen LogP contribution in [0.5, 0.6) is 0 Å². The van der Waals surface area contributed by atoms with Gasteiger partial charge in [0.15, 0.2) is 0 Å². The first-order valence-corrected chi connectivity index (χ1v) is 8.81. The van der Waals surface area contributed by atoms with Crippen molar-refractivity contribution in [2.75, 3.05) is 0 Å². The van der Waals surface area contributed by atoms with E-state index >= 15 is 0 Å². The maximum atomic E-state index is 12.7. The summed E-state index contributed by atoms with van der Waals surface area (Å²) < 4.78 is 1.86. The summed E-state index contributed by atoms with van der Waals surface area (Å²) >= 11 is 0. The molecule has 0 aliphatic heterocycles. The maximum absolute atomic E-state index is 12.7. The zero-order chi connectivity index (χ0) is 16.4. The fourth-order valence-electron chi connectivity index (χ4n) is 3.54. The first-order chi connectivity index (χ1) is 11.8. The molecule has 2 aliphatic rings. The van der Waals surface area contributed by atoms with Crippen LogP contribution in [0.1, 0.15) is 44.1 Å². The predicted molar refractivity (Wildman–Crippen MR) is 90.7 cm³/mol. The van der Waals surface area contributed by atoms with Crippen molar-refractivity contribution < 1.29 is 4.79 Å². The van der Waals surface area contributed by atoms with Crippen molar-refractivity contribution in [2.45, 2.75) is 57.2 Å². The summed E-state index contributed by atoms with van der Waals surface area (Å²) in [7, 11) is 0. The number of nitrogens with one attached hydrogen (secondary N) is 1. The summed E-state index contributed by atoms with van der Waals surface area (Å²) in [4.78, 5) is 23.2. The van der Waals surface area contributed by atoms with Gasteiger partial charge < -0.3 is 10.2 Å². The van der Waals surface area contributed by atoms with Crippen LogP contribution < -0.4 is 5.32 Å². The lowest BCUT2D eigenvalue weighted by molar-refractivity contribution is 0.170. The van der Waals surface area contributed by atoms with Crippen LogP contribution in [-0.4, -0.2) is 37.5 Å². The SMILES string of the molecule is O=C(NCc1ccnc(-n2ccnc2)c1)N(C1CCCC1)C1CC1. The monoisotopic (exact) mass is 325 g/mol. The summed E-state index contributed by atoms with van der Waals surface area (Å²) in [5, 5.41) is 3.10. The van der Waals surface area contributed by atoms with Gasteiger partial charge in [-0.2, -0.15) is 0 Å². The van der Waals surface area contributed by atoms with Crippen LogP contribution in [-0.2, 0) is 6.54 Å². The molecular formula is C18H23N5O. The van der Waals surface area contributed by atoms with Crippen molar-refractivity contribution in [3.63, 3.8) is 0 Å². The maximum Gasteiger partial charge on any atom is 0.318 e. The number of carbonyl (C=O) groups excluding carboxylic acids is 1. The van der Waals surface area contributed by atoms with Gasteiger partial charge in [-0.05, 0) is 43.4 Å². The van der Waals surface area contributed by atoms with Crippen molar-refractivity contribution >= 4 is 6.03 Å². The topological polar surface area (TPSA) is 63.1 Å².